The molecular formula is C19H23FN2O5. The van der Waals surface area contributed by atoms with E-state index in [0.717, 1.165) is 13.2 Å². The Bertz CT molecular complexity index is 1060. The van der Waals surface area contributed by atoms with Crippen molar-refractivity contribution in [2.45, 2.75) is 40.1 Å². The summed E-state index contributed by atoms with van der Waals surface area (Å²) in [5.41, 5.74) is -3.38. The van der Waals surface area contributed by atoms with E-state index < -0.39 is 52.5 Å². The Morgan fingerprint density at radius 2 is 2.00 bits per heavy atom. The summed E-state index contributed by atoms with van der Waals surface area (Å²) in [5.74, 6) is -2.07. The predicted octanol–water partition coefficient (Wildman–Crippen LogP) is 3.13. The Morgan fingerprint density at radius 1 is 1.33 bits per heavy atom. The lowest BCUT2D eigenvalue weighted by Crippen LogP contribution is -2.50. The molecule has 1 heterocycles. The van der Waals surface area contributed by atoms with Gasteiger partial charge in [-0.2, -0.15) is 0 Å². The number of aromatic nitrogens is 1. The van der Waals surface area contributed by atoms with Crippen LogP contribution in [-0.4, -0.2) is 36.0 Å². The van der Waals surface area contributed by atoms with Crippen LogP contribution in [0.2, 0.25) is 0 Å². The van der Waals surface area contributed by atoms with Crippen molar-refractivity contribution >= 4 is 22.8 Å². The highest BCUT2D eigenvalue weighted by Crippen LogP contribution is 2.23. The van der Waals surface area contributed by atoms with Crippen LogP contribution in [0.1, 0.15) is 47.9 Å². The van der Waals surface area contributed by atoms with Crippen LogP contribution < -0.4 is 10.6 Å². The second kappa shape index (κ2) is 7.38. The molecule has 0 spiro atoms. The number of pyridine rings is 1. The number of amides is 1. The number of ether oxygens (including phenoxy) is 2. The molecule has 0 aliphatic carbocycles. The molecular weight excluding hydrogens is 355 g/mol. The molecule has 0 saturated carbocycles. The van der Waals surface area contributed by atoms with Crippen LogP contribution in [0.3, 0.4) is 0 Å². The Morgan fingerprint density at radius 3 is 2.52 bits per heavy atom. The summed E-state index contributed by atoms with van der Waals surface area (Å²) < 4.78 is 48.9. The van der Waals surface area contributed by atoms with Crippen molar-refractivity contribution in [3.63, 3.8) is 0 Å². The Hall–Kier alpha value is -2.90. The van der Waals surface area contributed by atoms with E-state index in [9.17, 15) is 18.8 Å². The van der Waals surface area contributed by atoms with Gasteiger partial charge in [-0.1, -0.05) is 12.1 Å². The standard InChI is InChI=1S/C19H23FN2O5/c1-7-21(18(25)27-19(3,4)5)22-11(2)14(17(24)26-6)12-9-8-10-13(20)15(12)16(22)23/h8-10H,7H2,1-6H3/i2D3. The summed E-state index contributed by atoms with van der Waals surface area (Å²) >= 11 is 0. The third-order valence-electron chi connectivity index (χ3n) is 3.67. The number of hydrogen-bond donors (Lipinski definition) is 0. The van der Waals surface area contributed by atoms with Crippen molar-refractivity contribution in [2.24, 2.45) is 0 Å². The van der Waals surface area contributed by atoms with Gasteiger partial charge in [0, 0.05) is 16.0 Å². The van der Waals surface area contributed by atoms with Crippen LogP contribution in [0.4, 0.5) is 9.18 Å². The molecule has 0 bridgehead atoms. The molecule has 0 aliphatic rings. The molecule has 1 amide bonds. The SMILES string of the molecule is [2H]C([2H])([2H])c1c(C(=O)OC)c2cccc(F)c2c(=O)n1N(CC)C(=O)OC(C)(C)C. The second-order valence-corrected chi connectivity index (χ2v) is 6.69. The van der Waals surface area contributed by atoms with E-state index in [1.54, 1.807) is 20.8 Å². The van der Waals surface area contributed by atoms with Gasteiger partial charge in [-0.05, 0) is 40.6 Å². The molecule has 0 unspecified atom stereocenters. The Balaban J connectivity index is 3.08. The first-order valence-electron chi connectivity index (χ1n) is 9.71. The fourth-order valence-corrected chi connectivity index (χ4v) is 2.60. The van der Waals surface area contributed by atoms with Crippen molar-refractivity contribution in [2.75, 3.05) is 18.7 Å². The number of carbonyl (C=O) groups is 2. The molecule has 1 aromatic heterocycles. The topological polar surface area (TPSA) is 77.8 Å². The fourth-order valence-electron chi connectivity index (χ4n) is 2.60. The first kappa shape index (κ1) is 16.3. The molecule has 0 saturated heterocycles. The van der Waals surface area contributed by atoms with Gasteiger partial charge in [0.2, 0.25) is 0 Å². The van der Waals surface area contributed by atoms with Crippen LogP contribution in [0.15, 0.2) is 23.0 Å². The van der Waals surface area contributed by atoms with Crippen LogP contribution in [0.25, 0.3) is 10.8 Å². The minimum atomic E-state index is -3.03. The van der Waals surface area contributed by atoms with E-state index >= 15 is 0 Å². The number of benzene rings is 1. The maximum absolute atomic E-state index is 14.6. The van der Waals surface area contributed by atoms with E-state index in [1.807, 2.05) is 0 Å². The number of hydrogen-bond acceptors (Lipinski definition) is 5. The van der Waals surface area contributed by atoms with Crippen LogP contribution in [0, 0.1) is 12.7 Å². The van der Waals surface area contributed by atoms with Crippen LogP contribution >= 0.6 is 0 Å². The van der Waals surface area contributed by atoms with Gasteiger partial charge in [0.15, 0.2) is 0 Å². The van der Waals surface area contributed by atoms with Gasteiger partial charge in [0.1, 0.15) is 11.4 Å². The number of carbonyl (C=O) groups excluding carboxylic acids is 2. The Kier molecular flexibility index (Phi) is 4.45. The smallest absolute Gasteiger partial charge is 0.429 e. The van der Waals surface area contributed by atoms with Gasteiger partial charge in [0.05, 0.1) is 23.8 Å². The summed E-state index contributed by atoms with van der Waals surface area (Å²) in [4.78, 5) is 38.5. The first-order valence-corrected chi connectivity index (χ1v) is 8.21. The van der Waals surface area contributed by atoms with Crippen molar-refractivity contribution in [1.82, 2.24) is 4.68 Å². The highest BCUT2D eigenvalue weighted by molar-refractivity contribution is 6.05. The fraction of sp³-hybridized carbons (Fsp3) is 0.421. The molecule has 7 nitrogen and oxygen atoms in total. The first-order chi connectivity index (χ1) is 13.7. The number of nitrogens with zero attached hydrogens (tertiary/aromatic N) is 2. The zero-order chi connectivity index (χ0) is 23.0. The molecule has 8 heteroatoms. The number of fused-ring (bicyclic) bond motifs is 1. The van der Waals surface area contributed by atoms with E-state index in [-0.39, 0.29) is 11.9 Å². The molecule has 0 aliphatic heterocycles. The van der Waals surface area contributed by atoms with Gasteiger partial charge in [0.25, 0.3) is 5.56 Å². The average molecular weight is 381 g/mol. The molecule has 27 heavy (non-hydrogen) atoms. The molecule has 0 fully saturated rings. The van der Waals surface area contributed by atoms with Gasteiger partial charge in [-0.25, -0.2) is 23.7 Å². The number of methoxy groups -OCH3 is 1. The highest BCUT2D eigenvalue weighted by Gasteiger charge is 2.28. The maximum Gasteiger partial charge on any atom is 0.429 e. The van der Waals surface area contributed by atoms with E-state index in [0.29, 0.717) is 9.69 Å². The van der Waals surface area contributed by atoms with Crippen LogP contribution in [-0.2, 0) is 9.47 Å². The van der Waals surface area contributed by atoms with Gasteiger partial charge in [-0.3, -0.25) is 4.79 Å². The highest BCUT2D eigenvalue weighted by atomic mass is 19.1. The lowest BCUT2D eigenvalue weighted by molar-refractivity contribution is 0.0531. The largest absolute Gasteiger partial charge is 0.465 e. The van der Waals surface area contributed by atoms with Crippen molar-refractivity contribution in [3.05, 3.63) is 45.6 Å². The second-order valence-electron chi connectivity index (χ2n) is 6.69. The minimum Gasteiger partial charge on any atom is -0.465 e. The lowest BCUT2D eigenvalue weighted by Gasteiger charge is -2.29. The average Bonchev–Trinajstić information content (AvgIpc) is 2.60. The molecule has 146 valence electrons. The summed E-state index contributed by atoms with van der Waals surface area (Å²) in [7, 11) is 1.03. The third kappa shape index (κ3) is 3.79. The lowest BCUT2D eigenvalue weighted by atomic mass is 10.0. The summed E-state index contributed by atoms with van der Waals surface area (Å²) in [6.45, 7) is 3.02. The number of halogens is 1. The summed E-state index contributed by atoms with van der Waals surface area (Å²) in [6.07, 6.45) is -1.04. The van der Waals surface area contributed by atoms with Crippen LogP contribution in [0.5, 0.6) is 0 Å². The van der Waals surface area contributed by atoms with E-state index in [4.69, 9.17) is 13.6 Å². The normalized spacial score (nSPS) is 13.5. The molecule has 0 N–H and O–H groups in total. The monoisotopic (exact) mass is 381 g/mol. The molecule has 1 aromatic carbocycles. The molecule has 2 rings (SSSR count). The summed E-state index contributed by atoms with van der Waals surface area (Å²) in [5, 5.41) is -0.0597. The van der Waals surface area contributed by atoms with Gasteiger partial charge in [-0.15, -0.1) is 0 Å². The molecule has 0 atom stereocenters. The Labute approximate surface area is 160 Å². The maximum atomic E-state index is 14.6. The third-order valence-corrected chi connectivity index (χ3v) is 3.67. The van der Waals surface area contributed by atoms with Crippen molar-refractivity contribution in [3.8, 4) is 0 Å². The molecule has 2 aromatic rings. The zero-order valence-corrected chi connectivity index (χ0v) is 15.8. The summed E-state index contributed by atoms with van der Waals surface area (Å²) in [6, 6.07) is 3.48. The van der Waals surface area contributed by atoms with Gasteiger partial charge < -0.3 is 9.47 Å². The van der Waals surface area contributed by atoms with Gasteiger partial charge >= 0.3 is 12.1 Å². The minimum absolute atomic E-state index is 0.196. The van der Waals surface area contributed by atoms with E-state index in [2.05, 4.69) is 0 Å². The van der Waals surface area contributed by atoms with Crippen molar-refractivity contribution < 1.29 is 27.6 Å². The van der Waals surface area contributed by atoms with Crippen molar-refractivity contribution in [1.29, 1.82) is 0 Å². The molecule has 0 radical (unpaired) electrons. The predicted molar refractivity (Wildman–Crippen MR) is 99.2 cm³/mol. The van der Waals surface area contributed by atoms with E-state index in [1.165, 1.54) is 19.1 Å². The number of esters is 1. The zero-order valence-electron chi connectivity index (χ0n) is 18.8. The quantitative estimate of drug-likeness (QED) is 0.764. The number of rotatable bonds is 3.